The second kappa shape index (κ2) is 8.34. The summed E-state index contributed by atoms with van der Waals surface area (Å²) in [6, 6.07) is 9.53. The van der Waals surface area contributed by atoms with E-state index in [0.717, 1.165) is 4.90 Å². The Morgan fingerprint density at radius 2 is 1.97 bits per heavy atom. The van der Waals surface area contributed by atoms with Gasteiger partial charge in [-0.25, -0.2) is 0 Å². The van der Waals surface area contributed by atoms with Crippen molar-refractivity contribution in [1.82, 2.24) is 5.32 Å². The molecule has 0 spiro atoms. The smallest absolute Gasteiger partial charge is 0.406 e. The molecule has 2 aromatic rings. The lowest BCUT2D eigenvalue weighted by molar-refractivity contribution is -0.274. The first-order chi connectivity index (χ1) is 13.7. The van der Waals surface area contributed by atoms with Gasteiger partial charge in [-0.2, -0.15) is 0 Å². The highest BCUT2D eigenvalue weighted by molar-refractivity contribution is 7.99. The number of carbonyl (C=O) groups excluding carboxylic acids is 2. The zero-order valence-corrected chi connectivity index (χ0v) is 16.1. The highest BCUT2D eigenvalue weighted by atomic mass is 32.2. The van der Waals surface area contributed by atoms with Crippen LogP contribution in [0.2, 0.25) is 0 Å². The predicted molar refractivity (Wildman–Crippen MR) is 103 cm³/mol. The van der Waals surface area contributed by atoms with E-state index < -0.39 is 12.4 Å². The van der Waals surface area contributed by atoms with Crippen LogP contribution < -0.4 is 20.7 Å². The van der Waals surface area contributed by atoms with Crippen LogP contribution in [0.4, 0.5) is 18.9 Å². The van der Waals surface area contributed by atoms with Crippen molar-refractivity contribution in [2.24, 2.45) is 5.73 Å². The first kappa shape index (κ1) is 21.0. The number of amides is 2. The zero-order chi connectivity index (χ0) is 21.2. The first-order valence-corrected chi connectivity index (χ1v) is 9.57. The van der Waals surface area contributed by atoms with E-state index >= 15 is 0 Å². The van der Waals surface area contributed by atoms with Gasteiger partial charge in [0.2, 0.25) is 5.91 Å². The average molecular weight is 425 g/mol. The number of ether oxygens (including phenoxy) is 1. The van der Waals surface area contributed by atoms with Gasteiger partial charge in [-0.15, -0.1) is 24.9 Å². The van der Waals surface area contributed by atoms with Crippen LogP contribution in [0.5, 0.6) is 5.75 Å². The number of nitrogens with one attached hydrogen (secondary N) is 1. The molecule has 0 saturated heterocycles. The molecule has 2 aromatic carbocycles. The molecule has 0 saturated carbocycles. The van der Waals surface area contributed by atoms with Crippen molar-refractivity contribution in [3.8, 4) is 5.75 Å². The maximum atomic E-state index is 12.8. The van der Waals surface area contributed by atoms with Crippen LogP contribution in [0, 0.1) is 0 Å². The number of anilines is 1. The van der Waals surface area contributed by atoms with Crippen LogP contribution in [0.25, 0.3) is 0 Å². The van der Waals surface area contributed by atoms with E-state index in [0.29, 0.717) is 22.6 Å². The van der Waals surface area contributed by atoms with Gasteiger partial charge in [0.25, 0.3) is 5.91 Å². The summed E-state index contributed by atoms with van der Waals surface area (Å²) >= 11 is 1.41. The van der Waals surface area contributed by atoms with Crippen molar-refractivity contribution in [1.29, 1.82) is 0 Å². The molecule has 2 amide bonds. The van der Waals surface area contributed by atoms with E-state index in [1.165, 1.54) is 48.0 Å². The number of fused-ring (bicyclic) bond motifs is 1. The van der Waals surface area contributed by atoms with E-state index in [1.54, 1.807) is 18.2 Å². The van der Waals surface area contributed by atoms with E-state index in [-0.39, 0.29) is 24.1 Å². The van der Waals surface area contributed by atoms with Gasteiger partial charge in [0.1, 0.15) is 5.75 Å². The number of nitrogens with two attached hydrogens (primary N) is 1. The molecule has 0 bridgehead atoms. The lowest BCUT2D eigenvalue weighted by atomic mass is 10.1. The number of rotatable bonds is 4. The summed E-state index contributed by atoms with van der Waals surface area (Å²) in [7, 11) is 1.51. The van der Waals surface area contributed by atoms with Gasteiger partial charge in [-0.1, -0.05) is 12.1 Å². The number of nitrogens with zero attached hydrogens (tertiary/aromatic N) is 1. The Hall–Kier alpha value is -2.72. The normalized spacial score (nSPS) is 16.8. The molecule has 1 aliphatic heterocycles. The Bertz CT molecular complexity index is 919. The Kier molecular flexibility index (Phi) is 6.04. The third kappa shape index (κ3) is 5.01. The number of benzene rings is 2. The summed E-state index contributed by atoms with van der Waals surface area (Å²) in [5, 5.41) is 2.53. The maximum Gasteiger partial charge on any atom is 0.573 e. The number of alkyl halides is 3. The minimum Gasteiger partial charge on any atom is -0.406 e. The second-order valence-corrected chi connectivity index (χ2v) is 7.36. The predicted octanol–water partition coefficient (Wildman–Crippen LogP) is 2.91. The zero-order valence-electron chi connectivity index (χ0n) is 15.3. The minimum absolute atomic E-state index is 0.0869. The minimum atomic E-state index is -4.78. The molecule has 6 nitrogen and oxygen atoms in total. The van der Waals surface area contributed by atoms with Crippen molar-refractivity contribution in [3.63, 3.8) is 0 Å². The fourth-order valence-corrected chi connectivity index (χ4v) is 3.83. The highest BCUT2D eigenvalue weighted by Gasteiger charge is 2.31. The number of hydrogen-bond donors (Lipinski definition) is 2. The molecule has 0 radical (unpaired) electrons. The van der Waals surface area contributed by atoms with Gasteiger partial charge in [-0.05, 0) is 35.9 Å². The van der Waals surface area contributed by atoms with Gasteiger partial charge in [-0.3, -0.25) is 9.59 Å². The van der Waals surface area contributed by atoms with Crippen LogP contribution in [0.1, 0.15) is 15.9 Å². The molecule has 0 aromatic heterocycles. The largest absolute Gasteiger partial charge is 0.573 e. The van der Waals surface area contributed by atoms with Crippen LogP contribution in [0.15, 0.2) is 47.4 Å². The van der Waals surface area contributed by atoms with Gasteiger partial charge in [0.15, 0.2) is 0 Å². The van der Waals surface area contributed by atoms with Crippen LogP contribution >= 0.6 is 11.8 Å². The van der Waals surface area contributed by atoms with Crippen molar-refractivity contribution < 1.29 is 27.5 Å². The molecular weight excluding hydrogens is 407 g/mol. The fourth-order valence-electron chi connectivity index (χ4n) is 2.85. The SMILES string of the molecule is CNC(=O)c1ccc2c(c1)N(Cc1ccc(OC(F)(F)F)cc1)C(=O)[C@@H](N)CS2. The summed E-state index contributed by atoms with van der Waals surface area (Å²) in [5.74, 6) is -0.605. The Morgan fingerprint density at radius 1 is 1.28 bits per heavy atom. The Morgan fingerprint density at radius 3 is 2.59 bits per heavy atom. The molecule has 0 aliphatic carbocycles. The molecule has 1 aliphatic rings. The summed E-state index contributed by atoms with van der Waals surface area (Å²) in [4.78, 5) is 27.1. The van der Waals surface area contributed by atoms with E-state index in [2.05, 4.69) is 10.1 Å². The number of hydrogen-bond acceptors (Lipinski definition) is 5. The number of thioether (sulfide) groups is 1. The number of carbonyl (C=O) groups is 2. The van der Waals surface area contributed by atoms with Crippen molar-refractivity contribution in [3.05, 3.63) is 53.6 Å². The third-order valence-corrected chi connectivity index (χ3v) is 5.42. The second-order valence-electron chi connectivity index (χ2n) is 6.30. The molecule has 1 atom stereocenters. The topological polar surface area (TPSA) is 84.7 Å². The summed E-state index contributed by atoms with van der Waals surface area (Å²) in [6.07, 6.45) is -4.78. The van der Waals surface area contributed by atoms with Gasteiger partial charge < -0.3 is 20.7 Å². The fraction of sp³-hybridized carbons (Fsp3) is 0.263. The molecule has 29 heavy (non-hydrogen) atoms. The maximum absolute atomic E-state index is 12.8. The Labute approximate surface area is 169 Å². The van der Waals surface area contributed by atoms with Crippen LogP contribution in [0.3, 0.4) is 0 Å². The number of halogens is 3. The van der Waals surface area contributed by atoms with Gasteiger partial charge in [0.05, 0.1) is 18.3 Å². The quantitative estimate of drug-likeness (QED) is 0.787. The molecule has 0 fully saturated rings. The lowest BCUT2D eigenvalue weighted by Crippen LogP contribution is -2.44. The summed E-state index contributed by atoms with van der Waals surface area (Å²) in [6.45, 7) is 0.0869. The molecule has 3 rings (SSSR count). The van der Waals surface area contributed by atoms with Crippen LogP contribution in [-0.2, 0) is 11.3 Å². The van der Waals surface area contributed by atoms with Crippen molar-refractivity contribution in [2.45, 2.75) is 23.8 Å². The van der Waals surface area contributed by atoms with Crippen molar-refractivity contribution in [2.75, 3.05) is 17.7 Å². The monoisotopic (exact) mass is 425 g/mol. The molecule has 1 heterocycles. The summed E-state index contributed by atoms with van der Waals surface area (Å²) in [5.41, 5.74) is 7.48. The average Bonchev–Trinajstić information content (AvgIpc) is 2.79. The Balaban J connectivity index is 1.92. The van der Waals surface area contributed by atoms with Gasteiger partial charge >= 0.3 is 6.36 Å². The lowest BCUT2D eigenvalue weighted by Gasteiger charge is -2.25. The third-order valence-electron chi connectivity index (χ3n) is 4.24. The summed E-state index contributed by atoms with van der Waals surface area (Å²) < 4.78 is 40.9. The van der Waals surface area contributed by atoms with E-state index in [4.69, 9.17) is 5.73 Å². The molecule has 10 heteroatoms. The van der Waals surface area contributed by atoms with Crippen LogP contribution in [-0.4, -0.2) is 37.0 Å². The molecule has 3 N–H and O–H groups in total. The van der Waals surface area contributed by atoms with Crippen molar-refractivity contribution >= 4 is 29.3 Å². The van der Waals surface area contributed by atoms with Gasteiger partial charge in [0, 0.05) is 23.3 Å². The molecule has 0 unspecified atom stereocenters. The van der Waals surface area contributed by atoms with E-state index in [1.807, 2.05) is 0 Å². The first-order valence-electron chi connectivity index (χ1n) is 8.58. The highest BCUT2D eigenvalue weighted by Crippen LogP contribution is 2.36. The molecule has 154 valence electrons. The van der Waals surface area contributed by atoms with E-state index in [9.17, 15) is 22.8 Å². The standard InChI is InChI=1S/C19H18F3N3O3S/c1-24-17(26)12-4-7-16-15(8-12)25(18(27)14(23)10-29-16)9-11-2-5-13(6-3-11)28-19(20,21)22/h2-8,14H,9-10,23H2,1H3,(H,24,26)/t14-/m0/s1. The molecular formula is C19H18F3N3O3S.